The van der Waals surface area contributed by atoms with Crippen LogP contribution in [0.2, 0.25) is 0 Å². The van der Waals surface area contributed by atoms with E-state index >= 15 is 0 Å². The van der Waals surface area contributed by atoms with Crippen molar-refractivity contribution in [2.24, 2.45) is 0 Å². The molecule has 31 heavy (non-hydrogen) atoms. The number of aliphatic hydroxyl groups excluding tert-OH is 1. The molecule has 0 radical (unpaired) electrons. The van der Waals surface area contributed by atoms with E-state index in [0.717, 1.165) is 49.7 Å². The number of amides is 1. The Morgan fingerprint density at radius 3 is 2.52 bits per heavy atom. The number of aryl methyl sites for hydroxylation is 1. The van der Waals surface area contributed by atoms with Gasteiger partial charge in [-0.05, 0) is 54.5 Å². The van der Waals surface area contributed by atoms with E-state index in [4.69, 9.17) is 9.84 Å². The van der Waals surface area contributed by atoms with Crippen molar-refractivity contribution in [2.45, 2.75) is 57.1 Å². The quantitative estimate of drug-likeness (QED) is 0.449. The summed E-state index contributed by atoms with van der Waals surface area (Å²) in [5.41, 5.74) is 3.20. The highest BCUT2D eigenvalue weighted by atomic mass is 16.5. The van der Waals surface area contributed by atoms with Gasteiger partial charge in [0.25, 0.3) is 0 Å². The number of carboxylic acid groups (broad SMARTS) is 1. The third-order valence-electron chi connectivity index (χ3n) is 5.64. The van der Waals surface area contributed by atoms with E-state index in [2.05, 4.69) is 17.4 Å². The van der Waals surface area contributed by atoms with Gasteiger partial charge >= 0.3 is 5.97 Å². The Labute approximate surface area is 183 Å². The predicted octanol–water partition coefficient (Wildman–Crippen LogP) is 3.86. The molecule has 1 aliphatic heterocycles. The first-order valence-corrected chi connectivity index (χ1v) is 11.0. The Hall–Kier alpha value is -2.70. The number of aliphatic hydroxyl groups is 1. The summed E-state index contributed by atoms with van der Waals surface area (Å²) in [5, 5.41) is 21.1. The van der Waals surface area contributed by atoms with Crippen LogP contribution in [0.5, 0.6) is 0 Å². The molecular weight excluding hydrogens is 394 g/mol. The summed E-state index contributed by atoms with van der Waals surface area (Å²) >= 11 is 0. The average Bonchev–Trinajstić information content (AvgIpc) is 3.20. The normalized spacial score (nSPS) is 16.8. The molecule has 2 aromatic carbocycles. The molecule has 1 unspecified atom stereocenters. The molecule has 0 bridgehead atoms. The maximum atomic E-state index is 11.5. The molecule has 0 saturated carbocycles. The third kappa shape index (κ3) is 6.91. The van der Waals surface area contributed by atoms with E-state index in [9.17, 15) is 14.7 Å². The second-order valence-electron chi connectivity index (χ2n) is 8.08. The smallest absolute Gasteiger partial charge is 0.335 e. The standard InChI is InChI=1S/C25H31NO5/c27-15-4-2-1-3-6-18-9-11-19(12-10-18)24(31-17-22-13-14-23(28)26-22)20-7-5-8-21(16-20)25(29)30/h5,7-12,16,22,24,27H,1-4,6,13-15,17H2,(H,26,28)(H,29,30)/t22-,24?/m1/s1. The van der Waals surface area contributed by atoms with Crippen molar-refractivity contribution in [3.8, 4) is 0 Å². The lowest BCUT2D eigenvalue weighted by Crippen LogP contribution is -2.30. The van der Waals surface area contributed by atoms with Gasteiger partial charge in [-0.15, -0.1) is 0 Å². The van der Waals surface area contributed by atoms with E-state index in [0.29, 0.717) is 13.0 Å². The van der Waals surface area contributed by atoms with Crippen molar-refractivity contribution < 1.29 is 24.5 Å². The van der Waals surface area contributed by atoms with Crippen LogP contribution in [0.3, 0.4) is 0 Å². The SMILES string of the molecule is O=C1CC[C@H](COC(c2ccc(CCCCCCO)cc2)c2cccc(C(=O)O)c2)N1. The zero-order valence-electron chi connectivity index (χ0n) is 17.8. The molecule has 0 aliphatic carbocycles. The summed E-state index contributed by atoms with van der Waals surface area (Å²) in [6.45, 7) is 0.629. The van der Waals surface area contributed by atoms with Gasteiger partial charge in [-0.25, -0.2) is 4.79 Å². The van der Waals surface area contributed by atoms with Crippen molar-refractivity contribution in [1.29, 1.82) is 0 Å². The zero-order valence-corrected chi connectivity index (χ0v) is 17.8. The fourth-order valence-electron chi connectivity index (χ4n) is 3.89. The highest BCUT2D eigenvalue weighted by molar-refractivity contribution is 5.87. The van der Waals surface area contributed by atoms with Crippen LogP contribution in [-0.4, -0.2) is 41.3 Å². The van der Waals surface area contributed by atoms with Crippen LogP contribution in [0.4, 0.5) is 0 Å². The number of carbonyl (C=O) groups is 2. The van der Waals surface area contributed by atoms with Gasteiger partial charge in [-0.2, -0.15) is 0 Å². The maximum Gasteiger partial charge on any atom is 0.335 e. The van der Waals surface area contributed by atoms with E-state index in [1.54, 1.807) is 18.2 Å². The van der Waals surface area contributed by atoms with Crippen LogP contribution in [0.1, 0.15) is 71.7 Å². The average molecular weight is 426 g/mol. The molecule has 2 atom stereocenters. The van der Waals surface area contributed by atoms with Crippen molar-refractivity contribution >= 4 is 11.9 Å². The minimum atomic E-state index is -0.972. The molecule has 1 aliphatic rings. The van der Waals surface area contributed by atoms with Gasteiger partial charge in [-0.3, -0.25) is 4.79 Å². The molecule has 0 spiro atoms. The van der Waals surface area contributed by atoms with Crippen molar-refractivity contribution in [3.63, 3.8) is 0 Å². The van der Waals surface area contributed by atoms with Crippen LogP contribution >= 0.6 is 0 Å². The molecule has 6 heteroatoms. The van der Waals surface area contributed by atoms with Gasteiger partial charge in [0.05, 0.1) is 18.2 Å². The number of aromatic carboxylic acids is 1. The topological polar surface area (TPSA) is 95.9 Å². The molecule has 1 fully saturated rings. The van der Waals surface area contributed by atoms with E-state index < -0.39 is 12.1 Å². The van der Waals surface area contributed by atoms with Gasteiger partial charge in [0.15, 0.2) is 0 Å². The van der Waals surface area contributed by atoms with Gasteiger partial charge in [0, 0.05) is 13.0 Å². The molecule has 0 aromatic heterocycles. The summed E-state index contributed by atoms with van der Waals surface area (Å²) in [6, 6.07) is 15.1. The zero-order chi connectivity index (χ0) is 22.1. The molecular formula is C25H31NO5. The summed E-state index contributed by atoms with van der Waals surface area (Å²) in [4.78, 5) is 22.9. The fourth-order valence-corrected chi connectivity index (χ4v) is 3.89. The molecule has 1 amide bonds. The Kier molecular flexibility index (Phi) is 8.62. The number of benzene rings is 2. The molecule has 1 saturated heterocycles. The van der Waals surface area contributed by atoms with Crippen LogP contribution in [0.25, 0.3) is 0 Å². The minimum Gasteiger partial charge on any atom is -0.478 e. The van der Waals surface area contributed by atoms with E-state index in [1.165, 1.54) is 5.56 Å². The number of unbranched alkanes of at least 4 members (excludes halogenated alkanes) is 3. The Morgan fingerprint density at radius 1 is 1.06 bits per heavy atom. The second-order valence-corrected chi connectivity index (χ2v) is 8.08. The maximum absolute atomic E-state index is 11.5. The van der Waals surface area contributed by atoms with E-state index in [-0.39, 0.29) is 24.1 Å². The lowest BCUT2D eigenvalue weighted by atomic mass is 9.97. The number of hydrogen-bond acceptors (Lipinski definition) is 4. The first-order valence-electron chi connectivity index (χ1n) is 11.0. The molecule has 6 nitrogen and oxygen atoms in total. The van der Waals surface area contributed by atoms with Crippen molar-refractivity contribution in [3.05, 3.63) is 70.8 Å². The molecule has 1 heterocycles. The molecule has 2 aromatic rings. The lowest BCUT2D eigenvalue weighted by molar-refractivity contribution is -0.119. The van der Waals surface area contributed by atoms with Crippen LogP contribution < -0.4 is 5.32 Å². The van der Waals surface area contributed by atoms with Gasteiger partial charge in [0.1, 0.15) is 6.10 Å². The summed E-state index contributed by atoms with van der Waals surface area (Å²) < 4.78 is 6.22. The lowest BCUT2D eigenvalue weighted by Gasteiger charge is -2.22. The molecule has 3 N–H and O–H groups in total. The van der Waals surface area contributed by atoms with Gasteiger partial charge < -0.3 is 20.3 Å². The molecule has 166 valence electrons. The Morgan fingerprint density at radius 2 is 1.84 bits per heavy atom. The largest absolute Gasteiger partial charge is 0.478 e. The van der Waals surface area contributed by atoms with Crippen molar-refractivity contribution in [2.75, 3.05) is 13.2 Å². The summed E-state index contributed by atoms with van der Waals surface area (Å²) in [6.07, 6.45) is 5.92. The van der Waals surface area contributed by atoms with E-state index in [1.807, 2.05) is 18.2 Å². The van der Waals surface area contributed by atoms with Crippen molar-refractivity contribution in [1.82, 2.24) is 5.32 Å². The summed E-state index contributed by atoms with van der Waals surface area (Å²) in [7, 11) is 0. The number of nitrogens with one attached hydrogen (secondary N) is 1. The second kappa shape index (κ2) is 11.6. The highest BCUT2D eigenvalue weighted by Crippen LogP contribution is 2.28. The monoisotopic (exact) mass is 425 g/mol. The number of carbonyl (C=O) groups excluding carboxylic acids is 1. The predicted molar refractivity (Wildman–Crippen MR) is 118 cm³/mol. The van der Waals surface area contributed by atoms with Crippen LogP contribution in [0, 0.1) is 0 Å². The highest BCUT2D eigenvalue weighted by Gasteiger charge is 2.24. The summed E-state index contributed by atoms with van der Waals surface area (Å²) in [5.74, 6) is -0.929. The number of carboxylic acids is 1. The first-order chi connectivity index (χ1) is 15.1. The van der Waals surface area contributed by atoms with Crippen LogP contribution in [0.15, 0.2) is 48.5 Å². The fraction of sp³-hybridized carbons (Fsp3) is 0.440. The number of hydrogen-bond donors (Lipinski definition) is 3. The van der Waals surface area contributed by atoms with Gasteiger partial charge in [0.2, 0.25) is 5.91 Å². The number of rotatable bonds is 12. The Balaban J connectivity index is 1.71. The minimum absolute atomic E-state index is 0.0177. The molecule has 3 rings (SSSR count). The van der Waals surface area contributed by atoms with Gasteiger partial charge in [-0.1, -0.05) is 49.2 Å². The number of ether oxygens (including phenoxy) is 1. The first kappa shape index (κ1) is 23.0. The Bertz CT molecular complexity index is 864. The van der Waals surface area contributed by atoms with Crippen LogP contribution in [-0.2, 0) is 16.0 Å². The third-order valence-corrected chi connectivity index (χ3v) is 5.64.